The van der Waals surface area contributed by atoms with E-state index < -0.39 is 12.2 Å². The minimum atomic E-state index is -0.844. The quantitative estimate of drug-likeness (QED) is 0.885. The van der Waals surface area contributed by atoms with E-state index in [-0.39, 0.29) is 11.2 Å². The first-order chi connectivity index (χ1) is 11.8. The summed E-state index contributed by atoms with van der Waals surface area (Å²) in [6.45, 7) is 3.99. The van der Waals surface area contributed by atoms with E-state index in [4.69, 9.17) is 15.2 Å². The summed E-state index contributed by atoms with van der Waals surface area (Å²) in [5.41, 5.74) is 7.85. The molecule has 0 aromatic heterocycles. The summed E-state index contributed by atoms with van der Waals surface area (Å²) in [6, 6.07) is 10.6. The van der Waals surface area contributed by atoms with E-state index in [1.807, 2.05) is 38.1 Å². The zero-order valence-electron chi connectivity index (χ0n) is 14.6. The second kappa shape index (κ2) is 6.39. The fourth-order valence-electron chi connectivity index (χ4n) is 3.45. The number of halogens is 1. The molecule has 1 aliphatic carbocycles. The van der Waals surface area contributed by atoms with Crippen molar-refractivity contribution in [2.24, 2.45) is 11.1 Å². The lowest BCUT2D eigenvalue weighted by Gasteiger charge is -2.39. The van der Waals surface area contributed by atoms with Crippen molar-refractivity contribution in [3.8, 4) is 16.9 Å². The summed E-state index contributed by atoms with van der Waals surface area (Å²) in [7, 11) is 1.58. The zero-order valence-corrected chi connectivity index (χ0v) is 14.6. The van der Waals surface area contributed by atoms with Gasteiger partial charge in [0.05, 0.1) is 7.11 Å². The van der Waals surface area contributed by atoms with E-state index in [0.29, 0.717) is 16.9 Å². The Hall–Kier alpha value is -2.56. The van der Waals surface area contributed by atoms with E-state index in [0.717, 1.165) is 24.0 Å². The van der Waals surface area contributed by atoms with Crippen LogP contribution in [0.5, 0.6) is 5.75 Å². The van der Waals surface area contributed by atoms with Crippen LogP contribution in [0.4, 0.5) is 9.18 Å². The third kappa shape index (κ3) is 3.31. The molecule has 0 saturated heterocycles. The van der Waals surface area contributed by atoms with Crippen LogP contribution in [0.25, 0.3) is 11.1 Å². The molecule has 3 rings (SSSR count). The van der Waals surface area contributed by atoms with Gasteiger partial charge in [0.2, 0.25) is 0 Å². The predicted octanol–water partition coefficient (Wildman–Crippen LogP) is 4.61. The number of carbonyl (C=O) groups excluding carboxylic acids is 1. The third-order valence-corrected chi connectivity index (χ3v) is 4.87. The van der Waals surface area contributed by atoms with Gasteiger partial charge in [-0.1, -0.05) is 26.0 Å². The van der Waals surface area contributed by atoms with Crippen molar-refractivity contribution < 1.29 is 18.7 Å². The molecule has 0 aliphatic heterocycles. The SMILES string of the molecule is COc1cccc(-c2cc3c(cc2F)[C@H](OC(N)=O)C(C)(C)CC3)c1. The number of aryl methyl sites for hydroxylation is 1. The minimum Gasteiger partial charge on any atom is -0.497 e. The Morgan fingerprint density at radius 2 is 2.04 bits per heavy atom. The Labute approximate surface area is 146 Å². The molecule has 2 aromatic carbocycles. The number of ether oxygens (including phenoxy) is 2. The number of fused-ring (bicyclic) bond motifs is 1. The topological polar surface area (TPSA) is 61.6 Å². The molecule has 1 amide bonds. The zero-order chi connectivity index (χ0) is 18.2. The number of rotatable bonds is 3. The summed E-state index contributed by atoms with van der Waals surface area (Å²) in [6.07, 6.45) is 0.213. The van der Waals surface area contributed by atoms with Crippen molar-refractivity contribution in [3.63, 3.8) is 0 Å². The van der Waals surface area contributed by atoms with Crippen LogP contribution >= 0.6 is 0 Å². The van der Waals surface area contributed by atoms with Gasteiger partial charge >= 0.3 is 6.09 Å². The van der Waals surface area contributed by atoms with Crippen LogP contribution in [-0.4, -0.2) is 13.2 Å². The Kier molecular flexibility index (Phi) is 4.41. The van der Waals surface area contributed by atoms with Crippen LogP contribution in [0.2, 0.25) is 0 Å². The maximum absolute atomic E-state index is 14.8. The standard InChI is InChI=1S/C20H22FNO3/c1-20(2)8-7-13-10-15(12-5-4-6-14(9-12)24-3)17(21)11-16(13)18(20)25-19(22)23/h4-6,9-11,18H,7-8H2,1-3H3,(H2,22,23)/t18-/m0/s1. The summed E-state index contributed by atoms with van der Waals surface area (Å²) in [4.78, 5) is 11.3. The number of carbonyl (C=O) groups is 1. The fourth-order valence-corrected chi connectivity index (χ4v) is 3.45. The monoisotopic (exact) mass is 343 g/mol. The van der Waals surface area contributed by atoms with Gasteiger partial charge in [-0.15, -0.1) is 0 Å². The van der Waals surface area contributed by atoms with Gasteiger partial charge in [-0.2, -0.15) is 0 Å². The normalized spacial score (nSPS) is 18.3. The van der Waals surface area contributed by atoms with Crippen LogP contribution in [0.1, 0.15) is 37.5 Å². The summed E-state index contributed by atoms with van der Waals surface area (Å²) >= 11 is 0. The van der Waals surface area contributed by atoms with Gasteiger partial charge in [-0.25, -0.2) is 9.18 Å². The molecule has 1 aliphatic rings. The molecule has 0 spiro atoms. The molecule has 5 heteroatoms. The summed E-state index contributed by atoms with van der Waals surface area (Å²) in [5.74, 6) is 0.313. The number of benzene rings is 2. The molecule has 0 bridgehead atoms. The lowest BCUT2D eigenvalue weighted by atomic mass is 9.71. The first kappa shape index (κ1) is 17.3. The fraction of sp³-hybridized carbons (Fsp3) is 0.350. The van der Waals surface area contributed by atoms with Crippen molar-refractivity contribution in [1.82, 2.24) is 0 Å². The molecule has 0 heterocycles. The van der Waals surface area contributed by atoms with E-state index >= 15 is 0 Å². The maximum atomic E-state index is 14.8. The van der Waals surface area contributed by atoms with Crippen LogP contribution in [0.15, 0.2) is 36.4 Å². The minimum absolute atomic E-state index is 0.300. The highest BCUT2D eigenvalue weighted by Gasteiger charge is 2.39. The van der Waals surface area contributed by atoms with E-state index in [2.05, 4.69) is 0 Å². The first-order valence-corrected chi connectivity index (χ1v) is 8.24. The molecule has 0 fully saturated rings. The lowest BCUT2D eigenvalue weighted by molar-refractivity contribution is 0.0145. The molecule has 2 N–H and O–H groups in total. The highest BCUT2D eigenvalue weighted by molar-refractivity contribution is 5.68. The highest BCUT2D eigenvalue weighted by Crippen LogP contribution is 2.47. The summed E-state index contributed by atoms with van der Waals surface area (Å²) in [5, 5.41) is 0. The Morgan fingerprint density at radius 3 is 2.72 bits per heavy atom. The molecule has 2 aromatic rings. The second-order valence-electron chi connectivity index (χ2n) is 7.07. The van der Waals surface area contributed by atoms with Gasteiger partial charge in [0.1, 0.15) is 17.7 Å². The molecular weight excluding hydrogens is 321 g/mol. The number of nitrogens with two attached hydrogens (primary N) is 1. The van der Waals surface area contributed by atoms with Crippen molar-refractivity contribution in [1.29, 1.82) is 0 Å². The van der Waals surface area contributed by atoms with Gasteiger partial charge in [0, 0.05) is 11.0 Å². The van der Waals surface area contributed by atoms with Gasteiger partial charge < -0.3 is 15.2 Å². The van der Waals surface area contributed by atoms with Crippen LogP contribution < -0.4 is 10.5 Å². The number of hydrogen-bond donors (Lipinski definition) is 1. The average Bonchev–Trinajstić information content (AvgIpc) is 2.57. The van der Waals surface area contributed by atoms with Crippen LogP contribution in [0, 0.1) is 11.2 Å². The lowest BCUT2D eigenvalue weighted by Crippen LogP contribution is -2.33. The number of methoxy groups -OCH3 is 1. The van der Waals surface area contributed by atoms with E-state index in [1.165, 1.54) is 6.07 Å². The van der Waals surface area contributed by atoms with Crippen LogP contribution in [-0.2, 0) is 11.2 Å². The molecule has 0 unspecified atom stereocenters. The highest BCUT2D eigenvalue weighted by atomic mass is 19.1. The third-order valence-electron chi connectivity index (χ3n) is 4.87. The number of primary amides is 1. The molecule has 132 valence electrons. The number of amides is 1. The van der Waals surface area contributed by atoms with Crippen molar-refractivity contribution in [2.45, 2.75) is 32.8 Å². The van der Waals surface area contributed by atoms with Gasteiger partial charge in [-0.05, 0) is 53.8 Å². The summed E-state index contributed by atoms with van der Waals surface area (Å²) < 4.78 is 25.4. The molecule has 25 heavy (non-hydrogen) atoms. The number of hydrogen-bond acceptors (Lipinski definition) is 3. The van der Waals surface area contributed by atoms with Crippen molar-refractivity contribution in [3.05, 3.63) is 53.3 Å². The first-order valence-electron chi connectivity index (χ1n) is 8.24. The average molecular weight is 343 g/mol. The van der Waals surface area contributed by atoms with E-state index in [9.17, 15) is 9.18 Å². The Morgan fingerprint density at radius 1 is 1.28 bits per heavy atom. The molecule has 0 saturated carbocycles. The van der Waals surface area contributed by atoms with E-state index in [1.54, 1.807) is 13.2 Å². The van der Waals surface area contributed by atoms with Crippen LogP contribution in [0.3, 0.4) is 0 Å². The smallest absolute Gasteiger partial charge is 0.405 e. The predicted molar refractivity (Wildman–Crippen MR) is 93.9 cm³/mol. The molecule has 1 atom stereocenters. The molecule has 0 radical (unpaired) electrons. The molecule has 4 nitrogen and oxygen atoms in total. The van der Waals surface area contributed by atoms with Crippen molar-refractivity contribution >= 4 is 6.09 Å². The Bertz CT molecular complexity index is 817. The van der Waals surface area contributed by atoms with Gasteiger partial charge in [0.15, 0.2) is 0 Å². The second-order valence-corrected chi connectivity index (χ2v) is 7.07. The maximum Gasteiger partial charge on any atom is 0.405 e. The Balaban J connectivity index is 2.08. The largest absolute Gasteiger partial charge is 0.497 e. The molecular formula is C20H22FNO3. The van der Waals surface area contributed by atoms with Gasteiger partial charge in [-0.3, -0.25) is 0 Å². The van der Waals surface area contributed by atoms with Gasteiger partial charge in [0.25, 0.3) is 0 Å². The van der Waals surface area contributed by atoms with Crippen molar-refractivity contribution in [2.75, 3.05) is 7.11 Å².